The van der Waals surface area contributed by atoms with Crippen LogP contribution in [0.2, 0.25) is 0 Å². The average molecular weight is 1450 g/mol. The van der Waals surface area contributed by atoms with Gasteiger partial charge in [-0.3, -0.25) is 9.97 Å². The van der Waals surface area contributed by atoms with E-state index in [1.807, 2.05) is 152 Å². The van der Waals surface area contributed by atoms with Gasteiger partial charge in [-0.2, -0.15) is 0 Å². The number of rotatable bonds is 10. The lowest BCUT2D eigenvalue weighted by molar-refractivity contribution is 0.426. The summed E-state index contributed by atoms with van der Waals surface area (Å²) in [5, 5.41) is 38.9. The molecule has 4 aromatic heterocycles. The normalized spacial score (nSPS) is 11.3. The molecule has 0 aliphatic carbocycles. The molecule has 0 saturated heterocycles. The predicted molar refractivity (Wildman–Crippen MR) is 453 cm³/mol. The highest BCUT2D eigenvalue weighted by Gasteiger charge is 2.22. The molecule has 8 nitrogen and oxygen atoms in total. The molecule has 0 radical (unpaired) electrons. The third-order valence-electron chi connectivity index (χ3n) is 20.2. The minimum absolute atomic E-state index is 0.545. The van der Waals surface area contributed by atoms with Crippen LogP contribution in [-0.4, -0.2) is 47.1 Å². The summed E-state index contributed by atoms with van der Waals surface area (Å²) in [6, 6.07) is 126. The molecule has 0 aliphatic heterocycles. The van der Waals surface area contributed by atoms with Crippen LogP contribution in [0.15, 0.2) is 381 Å². The van der Waals surface area contributed by atoms with E-state index in [2.05, 4.69) is 250 Å². The average Bonchev–Trinajstić information content (AvgIpc) is 0.727. The van der Waals surface area contributed by atoms with E-state index in [4.69, 9.17) is 19.9 Å². The zero-order chi connectivity index (χ0) is 72.4. The van der Waals surface area contributed by atoms with Gasteiger partial charge in [0.2, 0.25) is 0 Å². The summed E-state index contributed by atoms with van der Waals surface area (Å²) in [5.74, 6) is 1.41. The largest absolute Gasteiger partial charge is 0.489 e. The SMILES string of the molecule is Brc1ccc(-c2cc(-c3ccc(-c4ccccn4)cc3)nc(-c3ccccc3)n2)cc1.OB(O)c1cc2c3ccccc3c3ccccc3c2c2ccccc12.c1ccc(-c2nc(-c3ccc(-c4ccccn4)cc3)cc(-c3ccc(-c4cc5c6ccccc6c6ccccc6c5c5ccccc45)cc3)n2)cc1. The molecule has 508 valence electrons. The summed E-state index contributed by atoms with van der Waals surface area (Å²) in [4.78, 5) is 28.8. The van der Waals surface area contributed by atoms with Gasteiger partial charge in [0.15, 0.2) is 11.6 Å². The quantitative estimate of drug-likeness (QED) is 0.103. The van der Waals surface area contributed by atoms with E-state index in [0.29, 0.717) is 17.1 Å². The fourth-order valence-corrected chi connectivity index (χ4v) is 15.3. The summed E-state index contributed by atoms with van der Waals surface area (Å²) in [5.41, 5.74) is 16.6. The predicted octanol–water partition coefficient (Wildman–Crippen LogP) is 24.1. The van der Waals surface area contributed by atoms with Gasteiger partial charge < -0.3 is 10.0 Å². The van der Waals surface area contributed by atoms with Crippen LogP contribution in [0, 0.1) is 0 Å². The van der Waals surface area contributed by atoms with Gasteiger partial charge in [0.25, 0.3) is 0 Å². The molecule has 4 heterocycles. The van der Waals surface area contributed by atoms with E-state index in [9.17, 15) is 10.0 Å². The highest BCUT2D eigenvalue weighted by Crippen LogP contribution is 2.44. The van der Waals surface area contributed by atoms with Gasteiger partial charge in [0, 0.05) is 61.4 Å². The summed E-state index contributed by atoms with van der Waals surface area (Å²) in [7, 11) is -1.50. The van der Waals surface area contributed by atoms with Crippen molar-refractivity contribution in [3.05, 3.63) is 381 Å². The number of aromatic nitrogens is 6. The van der Waals surface area contributed by atoms with Crippen molar-refractivity contribution in [2.24, 2.45) is 0 Å². The molecule has 0 saturated carbocycles. The molecule has 10 heteroatoms. The monoisotopic (exact) mass is 1450 g/mol. The van der Waals surface area contributed by atoms with Crippen molar-refractivity contribution >= 4 is 115 Å². The molecule has 0 atom stereocenters. The standard InChI is InChI=1S/C49H31N3.C27H18BrN3.C22H15BO2/c1-2-12-36(13-3-1)49-51-46(31-47(52-49)35-27-25-33(26-28-35)45-20-10-11-29-50-45)34-23-21-32(22-24-34)43-30-44-39-16-5-4-14-37(39)38-15-6-8-18-41(38)48(44)42-19-9-7-17-40(42)43;28-23-15-13-21(14-16-23)26-18-25(30-27(31-26)22-6-2-1-3-7-22)20-11-9-19(10-12-20)24-8-4-5-17-29-24;24-23(25)21-13-20-16-9-2-1-7-14(16)15-8-3-5-11-18(15)22(20)19-12-6-4-10-17(19)21/h1-31H;1-18H;1-13,24-25H. The molecule has 0 fully saturated rings. The summed E-state index contributed by atoms with van der Waals surface area (Å²) in [6.45, 7) is 0. The van der Waals surface area contributed by atoms with Gasteiger partial charge in [-0.1, -0.05) is 325 Å². The molecular weight excluding hydrogens is 1380 g/mol. The van der Waals surface area contributed by atoms with E-state index in [-0.39, 0.29) is 0 Å². The first-order valence-electron chi connectivity index (χ1n) is 36.0. The maximum absolute atomic E-state index is 9.92. The number of halogens is 1. The Morgan fingerprint density at radius 3 is 0.861 bits per heavy atom. The molecule has 20 aromatic rings. The van der Waals surface area contributed by atoms with E-state index in [1.54, 1.807) is 0 Å². The van der Waals surface area contributed by atoms with Crippen LogP contribution in [0.25, 0.3) is 188 Å². The van der Waals surface area contributed by atoms with Crippen LogP contribution in [-0.2, 0) is 0 Å². The van der Waals surface area contributed by atoms with Gasteiger partial charge in [-0.25, -0.2) is 19.9 Å². The van der Waals surface area contributed by atoms with E-state index < -0.39 is 7.12 Å². The summed E-state index contributed by atoms with van der Waals surface area (Å²) in [6.07, 6.45) is 3.63. The molecule has 0 unspecified atom stereocenters. The topological polar surface area (TPSA) is 118 Å². The third kappa shape index (κ3) is 13.0. The van der Waals surface area contributed by atoms with E-state index in [1.165, 1.54) is 70.4 Å². The smallest absolute Gasteiger partial charge is 0.423 e. The van der Waals surface area contributed by atoms with Gasteiger partial charge in [-0.15, -0.1) is 0 Å². The minimum atomic E-state index is -1.50. The van der Waals surface area contributed by atoms with Gasteiger partial charge in [-0.05, 0) is 157 Å². The highest BCUT2D eigenvalue weighted by molar-refractivity contribution is 9.10. The molecule has 2 N–H and O–H groups in total. The zero-order valence-corrected chi connectivity index (χ0v) is 59.9. The Labute approximate surface area is 632 Å². The van der Waals surface area contributed by atoms with E-state index in [0.717, 1.165) is 110 Å². The van der Waals surface area contributed by atoms with Gasteiger partial charge in [0.05, 0.1) is 34.2 Å². The number of benzene rings is 16. The first-order chi connectivity index (χ1) is 53.3. The molecule has 108 heavy (non-hydrogen) atoms. The summed E-state index contributed by atoms with van der Waals surface area (Å²) >= 11 is 3.51. The fourth-order valence-electron chi connectivity index (χ4n) is 15.1. The number of pyridine rings is 2. The maximum atomic E-state index is 9.92. The second-order valence-electron chi connectivity index (χ2n) is 26.7. The Bertz CT molecular complexity index is 6740. The van der Waals surface area contributed by atoms with Crippen molar-refractivity contribution in [2.45, 2.75) is 0 Å². The first-order valence-corrected chi connectivity index (χ1v) is 36.7. The van der Waals surface area contributed by atoms with Crippen molar-refractivity contribution in [1.82, 2.24) is 29.9 Å². The molecule has 20 rings (SSSR count). The molecule has 0 bridgehead atoms. The number of hydrogen-bond donors (Lipinski definition) is 2. The molecule has 0 aliphatic rings. The highest BCUT2D eigenvalue weighted by atomic mass is 79.9. The Morgan fingerprint density at radius 2 is 0.491 bits per heavy atom. The fraction of sp³-hybridized carbons (Fsp3) is 0. The van der Waals surface area contributed by atoms with Crippen LogP contribution in [0.3, 0.4) is 0 Å². The van der Waals surface area contributed by atoms with Crippen LogP contribution in [0.1, 0.15) is 0 Å². The number of fused-ring (bicyclic) bond motifs is 16. The van der Waals surface area contributed by atoms with Gasteiger partial charge in [0.1, 0.15) is 0 Å². The van der Waals surface area contributed by atoms with Crippen molar-refractivity contribution < 1.29 is 10.0 Å². The number of nitrogens with zero attached hydrogens (tertiary/aromatic N) is 6. The van der Waals surface area contributed by atoms with Crippen molar-refractivity contribution in [1.29, 1.82) is 0 Å². The Morgan fingerprint density at radius 1 is 0.213 bits per heavy atom. The van der Waals surface area contributed by atoms with Crippen LogP contribution < -0.4 is 5.46 Å². The second kappa shape index (κ2) is 29.2. The van der Waals surface area contributed by atoms with Crippen LogP contribution in [0.5, 0.6) is 0 Å². The lowest BCUT2D eigenvalue weighted by atomic mass is 9.75. The third-order valence-corrected chi connectivity index (χ3v) is 20.8. The molecule has 0 spiro atoms. The first kappa shape index (κ1) is 66.5. The summed E-state index contributed by atoms with van der Waals surface area (Å²) < 4.78 is 1.04. The zero-order valence-electron chi connectivity index (χ0n) is 58.3. The Kier molecular flexibility index (Phi) is 18.0. The Balaban J connectivity index is 0.000000125. The maximum Gasteiger partial charge on any atom is 0.489 e. The van der Waals surface area contributed by atoms with E-state index >= 15 is 0 Å². The molecule has 0 amide bonds. The van der Waals surface area contributed by atoms with Crippen molar-refractivity contribution in [3.63, 3.8) is 0 Å². The van der Waals surface area contributed by atoms with Gasteiger partial charge >= 0.3 is 7.12 Å². The lowest BCUT2D eigenvalue weighted by Crippen LogP contribution is -2.30. The lowest BCUT2D eigenvalue weighted by Gasteiger charge is -2.16. The number of hydrogen-bond acceptors (Lipinski definition) is 8. The molecular formula is C98H64BBrN6O2. The Hall–Kier alpha value is -13.5. The minimum Gasteiger partial charge on any atom is -0.423 e. The van der Waals surface area contributed by atoms with Crippen molar-refractivity contribution in [2.75, 3.05) is 0 Å². The second-order valence-corrected chi connectivity index (χ2v) is 27.6. The van der Waals surface area contributed by atoms with Crippen molar-refractivity contribution in [3.8, 4) is 101 Å². The van der Waals surface area contributed by atoms with Crippen LogP contribution >= 0.6 is 15.9 Å². The van der Waals surface area contributed by atoms with Crippen LogP contribution in [0.4, 0.5) is 0 Å². The molecule has 16 aromatic carbocycles.